The Morgan fingerprint density at radius 3 is 2.21 bits per heavy atom. The first kappa shape index (κ1) is 28.8. The number of methoxy groups -OCH3 is 4. The molecule has 3 aromatic rings. The SMILES string of the molecule is COc1ccc(CC(=O)N=C(N)NC(Cc2ccccc2)C(=O)NCc2ccc(OC)c(OC)c2)c(OC)c1. The molecule has 2 amide bonds. The van der Waals surface area contributed by atoms with Gasteiger partial charge in [-0.3, -0.25) is 9.59 Å². The Balaban J connectivity index is 1.71. The maximum absolute atomic E-state index is 13.2. The maximum atomic E-state index is 13.2. The van der Waals surface area contributed by atoms with Crippen LogP contribution < -0.4 is 35.3 Å². The molecule has 0 aliphatic carbocycles. The molecule has 206 valence electrons. The second kappa shape index (κ2) is 14.3. The lowest BCUT2D eigenvalue weighted by molar-refractivity contribution is -0.123. The smallest absolute Gasteiger partial charge is 0.253 e. The summed E-state index contributed by atoms with van der Waals surface area (Å²) in [5.41, 5.74) is 8.44. The van der Waals surface area contributed by atoms with Crippen molar-refractivity contribution >= 4 is 17.8 Å². The van der Waals surface area contributed by atoms with E-state index in [0.29, 0.717) is 35.0 Å². The minimum atomic E-state index is -0.778. The van der Waals surface area contributed by atoms with Crippen LogP contribution in [0.5, 0.6) is 23.0 Å². The molecule has 10 heteroatoms. The van der Waals surface area contributed by atoms with E-state index >= 15 is 0 Å². The Hall–Kier alpha value is -4.73. The van der Waals surface area contributed by atoms with Crippen LogP contribution in [-0.4, -0.2) is 52.3 Å². The van der Waals surface area contributed by atoms with Crippen molar-refractivity contribution in [2.24, 2.45) is 10.7 Å². The van der Waals surface area contributed by atoms with Gasteiger partial charge in [0.1, 0.15) is 17.5 Å². The second-order valence-corrected chi connectivity index (χ2v) is 8.54. The van der Waals surface area contributed by atoms with Gasteiger partial charge in [-0.05, 0) is 29.3 Å². The number of carbonyl (C=O) groups excluding carboxylic acids is 2. The molecule has 4 N–H and O–H groups in total. The molecule has 0 saturated carbocycles. The van der Waals surface area contributed by atoms with Crippen molar-refractivity contribution in [3.05, 3.63) is 83.4 Å². The first-order chi connectivity index (χ1) is 18.9. The number of hydrogen-bond donors (Lipinski definition) is 3. The van der Waals surface area contributed by atoms with Gasteiger partial charge in [0.2, 0.25) is 5.91 Å². The van der Waals surface area contributed by atoms with Crippen molar-refractivity contribution in [2.45, 2.75) is 25.4 Å². The van der Waals surface area contributed by atoms with Crippen molar-refractivity contribution in [1.82, 2.24) is 10.6 Å². The lowest BCUT2D eigenvalue weighted by Crippen LogP contribution is -2.50. The average Bonchev–Trinajstić information content (AvgIpc) is 2.95. The molecule has 0 aliphatic rings. The van der Waals surface area contributed by atoms with E-state index in [-0.39, 0.29) is 24.8 Å². The number of amides is 2. The molecule has 0 aliphatic heterocycles. The monoisotopic (exact) mass is 534 g/mol. The molecule has 0 heterocycles. The van der Waals surface area contributed by atoms with E-state index in [9.17, 15) is 9.59 Å². The van der Waals surface area contributed by atoms with Crippen molar-refractivity contribution < 1.29 is 28.5 Å². The van der Waals surface area contributed by atoms with E-state index in [1.807, 2.05) is 36.4 Å². The molecular weight excluding hydrogens is 500 g/mol. The summed E-state index contributed by atoms with van der Waals surface area (Å²) < 4.78 is 21.2. The lowest BCUT2D eigenvalue weighted by atomic mass is 10.1. The van der Waals surface area contributed by atoms with Crippen LogP contribution in [-0.2, 0) is 29.0 Å². The summed E-state index contributed by atoms with van der Waals surface area (Å²) >= 11 is 0. The highest BCUT2D eigenvalue weighted by molar-refractivity contribution is 5.96. The summed E-state index contributed by atoms with van der Waals surface area (Å²) in [4.78, 5) is 29.8. The molecule has 3 aromatic carbocycles. The Bertz CT molecular complexity index is 1300. The average molecular weight is 535 g/mol. The summed E-state index contributed by atoms with van der Waals surface area (Å²) in [6, 6.07) is 19.3. The highest BCUT2D eigenvalue weighted by Gasteiger charge is 2.20. The van der Waals surface area contributed by atoms with Crippen LogP contribution in [0, 0.1) is 0 Å². The Morgan fingerprint density at radius 1 is 0.821 bits per heavy atom. The van der Waals surface area contributed by atoms with Gasteiger partial charge in [-0.15, -0.1) is 0 Å². The van der Waals surface area contributed by atoms with E-state index in [4.69, 9.17) is 24.7 Å². The molecule has 0 bridgehead atoms. The van der Waals surface area contributed by atoms with Crippen LogP contribution in [0.2, 0.25) is 0 Å². The fourth-order valence-corrected chi connectivity index (χ4v) is 3.91. The predicted octanol–water partition coefficient (Wildman–Crippen LogP) is 2.62. The molecule has 0 saturated heterocycles. The first-order valence-corrected chi connectivity index (χ1v) is 12.2. The zero-order valence-corrected chi connectivity index (χ0v) is 22.5. The Kier molecular flexibility index (Phi) is 10.6. The van der Waals surface area contributed by atoms with Gasteiger partial charge in [-0.25, -0.2) is 0 Å². The van der Waals surface area contributed by atoms with Crippen LogP contribution in [0.1, 0.15) is 16.7 Å². The number of guanidine groups is 1. The molecule has 10 nitrogen and oxygen atoms in total. The molecule has 1 unspecified atom stereocenters. The number of aliphatic imine (C=N–C) groups is 1. The standard InChI is InChI=1S/C29H34N4O6/c1-36-22-12-11-21(25(17-22)38-3)16-27(34)33-29(30)32-23(14-19-8-6-5-7-9-19)28(35)31-18-20-10-13-24(37-2)26(15-20)39-4/h5-13,15,17,23H,14,16,18H2,1-4H3,(H,31,35)(H3,30,32,33,34). The lowest BCUT2D eigenvalue weighted by Gasteiger charge is -2.19. The van der Waals surface area contributed by atoms with Gasteiger partial charge < -0.3 is 35.3 Å². The largest absolute Gasteiger partial charge is 0.497 e. The number of nitrogens with one attached hydrogen (secondary N) is 2. The van der Waals surface area contributed by atoms with E-state index < -0.39 is 11.9 Å². The van der Waals surface area contributed by atoms with Crippen LogP contribution >= 0.6 is 0 Å². The molecule has 39 heavy (non-hydrogen) atoms. The highest BCUT2D eigenvalue weighted by Crippen LogP contribution is 2.27. The van der Waals surface area contributed by atoms with Crippen molar-refractivity contribution in [1.29, 1.82) is 0 Å². The number of nitrogens with zero attached hydrogens (tertiary/aromatic N) is 1. The van der Waals surface area contributed by atoms with Crippen molar-refractivity contribution in [3.63, 3.8) is 0 Å². The minimum absolute atomic E-state index is 0.0373. The van der Waals surface area contributed by atoms with Gasteiger partial charge in [0, 0.05) is 24.6 Å². The van der Waals surface area contributed by atoms with Gasteiger partial charge in [0.25, 0.3) is 5.91 Å². The van der Waals surface area contributed by atoms with E-state index in [1.54, 1.807) is 51.7 Å². The molecule has 0 spiro atoms. The summed E-state index contributed by atoms with van der Waals surface area (Å²) in [6.45, 7) is 0.249. The van der Waals surface area contributed by atoms with E-state index in [1.165, 1.54) is 7.11 Å². The fourth-order valence-electron chi connectivity index (χ4n) is 3.91. The van der Waals surface area contributed by atoms with E-state index in [0.717, 1.165) is 11.1 Å². The van der Waals surface area contributed by atoms with E-state index in [2.05, 4.69) is 15.6 Å². The quantitative estimate of drug-likeness (QED) is 0.239. The first-order valence-electron chi connectivity index (χ1n) is 12.2. The molecule has 0 radical (unpaired) electrons. The summed E-state index contributed by atoms with van der Waals surface area (Å²) in [5.74, 6) is 1.30. The zero-order valence-electron chi connectivity index (χ0n) is 22.5. The van der Waals surface area contributed by atoms with Crippen LogP contribution in [0.3, 0.4) is 0 Å². The second-order valence-electron chi connectivity index (χ2n) is 8.54. The summed E-state index contributed by atoms with van der Waals surface area (Å²) in [6.07, 6.45) is 0.291. The highest BCUT2D eigenvalue weighted by atomic mass is 16.5. The third-order valence-corrected chi connectivity index (χ3v) is 5.92. The van der Waals surface area contributed by atoms with Gasteiger partial charge in [-0.1, -0.05) is 42.5 Å². The van der Waals surface area contributed by atoms with Crippen LogP contribution in [0.25, 0.3) is 0 Å². The predicted molar refractivity (Wildman–Crippen MR) is 148 cm³/mol. The van der Waals surface area contributed by atoms with Crippen LogP contribution in [0.4, 0.5) is 0 Å². The third-order valence-electron chi connectivity index (χ3n) is 5.92. The zero-order chi connectivity index (χ0) is 28.2. The minimum Gasteiger partial charge on any atom is -0.497 e. The fraction of sp³-hybridized carbons (Fsp3) is 0.276. The summed E-state index contributed by atoms with van der Waals surface area (Å²) in [7, 11) is 6.17. The molecule has 3 rings (SSSR count). The van der Waals surface area contributed by atoms with Crippen molar-refractivity contribution in [3.8, 4) is 23.0 Å². The van der Waals surface area contributed by atoms with Gasteiger partial charge >= 0.3 is 0 Å². The van der Waals surface area contributed by atoms with Crippen molar-refractivity contribution in [2.75, 3.05) is 28.4 Å². The molecule has 0 fully saturated rings. The Morgan fingerprint density at radius 2 is 1.54 bits per heavy atom. The normalized spacial score (nSPS) is 11.7. The van der Waals surface area contributed by atoms with Gasteiger partial charge in [0.05, 0.1) is 34.9 Å². The number of rotatable bonds is 12. The number of ether oxygens (including phenoxy) is 4. The van der Waals surface area contributed by atoms with Gasteiger partial charge in [0.15, 0.2) is 17.5 Å². The number of carbonyl (C=O) groups is 2. The number of hydrogen-bond acceptors (Lipinski definition) is 6. The molecule has 0 aromatic heterocycles. The molecular formula is C29H34N4O6. The van der Waals surface area contributed by atoms with Crippen LogP contribution in [0.15, 0.2) is 71.7 Å². The maximum Gasteiger partial charge on any atom is 0.253 e. The summed E-state index contributed by atoms with van der Waals surface area (Å²) in [5, 5.41) is 5.82. The third kappa shape index (κ3) is 8.39. The molecule has 1 atom stereocenters. The van der Waals surface area contributed by atoms with Gasteiger partial charge in [-0.2, -0.15) is 4.99 Å². The number of nitrogens with two attached hydrogens (primary N) is 1. The Labute approximate surface area is 228 Å². The topological polar surface area (TPSA) is 134 Å². The number of benzene rings is 3.